The van der Waals surface area contributed by atoms with E-state index in [0.29, 0.717) is 68.6 Å². The molecule has 5 rings (SSSR count). The van der Waals surface area contributed by atoms with E-state index in [4.69, 9.17) is 42.4 Å². The number of pyridine rings is 1. The zero-order valence-electron chi connectivity index (χ0n) is 20.5. The number of rotatable bonds is 8. The molecule has 0 aliphatic carbocycles. The molecule has 0 radical (unpaired) electrons. The number of fused-ring (bicyclic) bond motifs is 1. The van der Waals surface area contributed by atoms with Gasteiger partial charge in [-0.1, -0.05) is 28.4 Å². The number of nitrogens with one attached hydrogen (secondary N) is 2. The highest BCUT2D eigenvalue weighted by Gasteiger charge is 2.30. The first-order chi connectivity index (χ1) is 17.9. The Morgan fingerprint density at radius 3 is 2.81 bits per heavy atom. The molecule has 2 atom stereocenters. The third-order valence-corrected chi connectivity index (χ3v) is 6.91. The van der Waals surface area contributed by atoms with Gasteiger partial charge in [0.2, 0.25) is 0 Å². The van der Waals surface area contributed by atoms with Crippen LogP contribution in [-0.2, 0) is 6.42 Å². The van der Waals surface area contributed by atoms with Gasteiger partial charge in [0.05, 0.1) is 50.6 Å². The van der Waals surface area contributed by atoms with Crippen molar-refractivity contribution in [1.82, 2.24) is 25.4 Å². The number of ether oxygens (including phenoxy) is 1. The van der Waals surface area contributed by atoms with E-state index in [2.05, 4.69) is 20.8 Å². The van der Waals surface area contributed by atoms with Gasteiger partial charge in [-0.05, 0) is 50.7 Å². The van der Waals surface area contributed by atoms with Gasteiger partial charge in [-0.15, -0.1) is 0 Å². The third kappa shape index (κ3) is 5.13. The van der Waals surface area contributed by atoms with Crippen LogP contribution in [0, 0.1) is 13.8 Å². The summed E-state index contributed by atoms with van der Waals surface area (Å²) in [6.45, 7) is 4.20. The fraction of sp³-hybridized carbons (Fsp3) is 0.308. The summed E-state index contributed by atoms with van der Waals surface area (Å²) in [5, 5.41) is 21.4. The van der Waals surface area contributed by atoms with Crippen LogP contribution in [0.5, 0.6) is 5.75 Å². The fourth-order valence-electron chi connectivity index (χ4n) is 4.41. The van der Waals surface area contributed by atoms with Crippen molar-refractivity contribution in [2.75, 3.05) is 25.5 Å². The van der Waals surface area contributed by atoms with E-state index in [1.807, 2.05) is 19.9 Å². The number of aliphatic hydroxyl groups is 1. The molecule has 9 nitrogen and oxygen atoms in total. The van der Waals surface area contributed by atoms with Gasteiger partial charge < -0.3 is 25.0 Å². The van der Waals surface area contributed by atoms with Crippen LogP contribution in [0.4, 0.5) is 5.69 Å². The number of aryl methyl sites for hydroxylation is 2. The maximum Gasteiger partial charge on any atom is 0.161 e. The lowest BCUT2D eigenvalue weighted by atomic mass is 10.0. The number of hydrogen-bond donors (Lipinski definition) is 3. The van der Waals surface area contributed by atoms with E-state index in [-0.39, 0.29) is 12.6 Å². The summed E-state index contributed by atoms with van der Waals surface area (Å²) in [4.78, 5) is 13.9. The van der Waals surface area contributed by atoms with Crippen molar-refractivity contribution < 1.29 is 14.4 Å². The highest BCUT2D eigenvalue weighted by Crippen LogP contribution is 2.42. The van der Waals surface area contributed by atoms with E-state index in [9.17, 15) is 5.11 Å². The summed E-state index contributed by atoms with van der Waals surface area (Å²) in [6, 6.07) is 7.01. The summed E-state index contributed by atoms with van der Waals surface area (Å²) in [5.74, 6) is 1.52. The Hall–Kier alpha value is -3.24. The smallest absolute Gasteiger partial charge is 0.161 e. The molecule has 0 saturated carbocycles. The molecule has 37 heavy (non-hydrogen) atoms. The number of nitrogens with zero attached hydrogens (tertiary/aromatic N) is 4. The lowest BCUT2D eigenvalue weighted by Crippen LogP contribution is -2.29. The van der Waals surface area contributed by atoms with E-state index >= 15 is 0 Å². The zero-order valence-corrected chi connectivity index (χ0v) is 22.1. The Morgan fingerprint density at radius 2 is 2.08 bits per heavy atom. The molecular weight excluding hydrogens is 515 g/mol. The van der Waals surface area contributed by atoms with Crippen LogP contribution in [0.25, 0.3) is 22.6 Å². The van der Waals surface area contributed by atoms with Crippen molar-refractivity contribution in [2.24, 2.45) is 0 Å². The summed E-state index contributed by atoms with van der Waals surface area (Å²) < 4.78 is 11.2. The quantitative estimate of drug-likeness (QED) is 0.290. The van der Waals surface area contributed by atoms with E-state index < -0.39 is 6.10 Å². The molecule has 0 fully saturated rings. The van der Waals surface area contributed by atoms with E-state index in [1.54, 1.807) is 37.6 Å². The molecule has 3 N–H and O–H groups in total. The number of hydrogen-bond acceptors (Lipinski definition) is 9. The Morgan fingerprint density at radius 1 is 1.24 bits per heavy atom. The number of likely N-dealkylation sites (N-methyl/N-ethyl adjacent to an activating group) is 1. The van der Waals surface area contributed by atoms with Crippen LogP contribution in [0.15, 0.2) is 41.2 Å². The van der Waals surface area contributed by atoms with Crippen LogP contribution < -0.4 is 15.4 Å². The van der Waals surface area contributed by atoms with Crippen LogP contribution >= 0.6 is 23.2 Å². The topological polar surface area (TPSA) is 118 Å². The molecule has 0 spiro atoms. The van der Waals surface area contributed by atoms with Gasteiger partial charge >= 0.3 is 0 Å². The molecule has 0 amide bonds. The van der Waals surface area contributed by atoms with Crippen molar-refractivity contribution in [3.8, 4) is 28.4 Å². The van der Waals surface area contributed by atoms with Gasteiger partial charge in [-0.2, -0.15) is 0 Å². The summed E-state index contributed by atoms with van der Waals surface area (Å²) in [7, 11) is 1.77. The molecule has 1 aliphatic rings. The van der Waals surface area contributed by atoms with E-state index in [0.717, 1.165) is 11.3 Å². The van der Waals surface area contributed by atoms with Gasteiger partial charge in [0, 0.05) is 24.7 Å². The molecule has 4 aromatic rings. The standard InChI is InChI=1S/C26H26Cl2N6O3/c1-13-22(14(2)37-34-13)25-23(28)24(20-8-15-6-7-30-11-21(15)31-20)32-26(33-25)18-9-17(4-5-19(18)27)36-12-16(35)10-29-3/h4-7,9,11,16,20,29,31,35H,8,10,12H2,1-3H3/t16-,20?/m1/s1. The molecule has 1 unspecified atom stereocenters. The summed E-state index contributed by atoms with van der Waals surface area (Å²) in [5.41, 5.74) is 5.17. The maximum atomic E-state index is 10.0. The largest absolute Gasteiger partial charge is 0.491 e. The fourth-order valence-corrected chi connectivity index (χ4v) is 4.92. The molecule has 0 saturated heterocycles. The number of halogens is 2. The maximum absolute atomic E-state index is 10.0. The van der Waals surface area contributed by atoms with Crippen LogP contribution in [-0.4, -0.2) is 51.5 Å². The first-order valence-electron chi connectivity index (χ1n) is 11.8. The second kappa shape index (κ2) is 10.6. The minimum Gasteiger partial charge on any atom is -0.491 e. The predicted octanol–water partition coefficient (Wildman–Crippen LogP) is 4.79. The summed E-state index contributed by atoms with van der Waals surface area (Å²) in [6.07, 6.45) is 3.60. The SMILES string of the molecule is CNC[C@@H](O)COc1ccc(Cl)c(-c2nc(-c3c(C)noc3C)c(Cl)c(C3Cc4ccncc4N3)n2)c1. The Bertz CT molecular complexity index is 1400. The average Bonchev–Trinajstić information content (AvgIpc) is 3.46. The van der Waals surface area contributed by atoms with Crippen molar-refractivity contribution in [3.63, 3.8) is 0 Å². The van der Waals surface area contributed by atoms with Crippen LogP contribution in [0.2, 0.25) is 10.0 Å². The van der Waals surface area contributed by atoms with Gasteiger partial charge in [0.15, 0.2) is 5.82 Å². The first kappa shape index (κ1) is 25.4. The molecule has 4 heterocycles. The predicted molar refractivity (Wildman–Crippen MR) is 142 cm³/mol. The lowest BCUT2D eigenvalue weighted by Gasteiger charge is -2.18. The molecule has 192 valence electrons. The molecular formula is C26H26Cl2N6O3. The first-order valence-corrected chi connectivity index (χ1v) is 12.6. The number of aliphatic hydroxyl groups excluding tert-OH is 1. The third-order valence-electron chi connectivity index (χ3n) is 6.20. The Labute approximate surface area is 224 Å². The molecule has 0 bridgehead atoms. The Kier molecular flexibility index (Phi) is 7.30. The van der Waals surface area contributed by atoms with Gasteiger partial charge in [-0.25, -0.2) is 9.97 Å². The Balaban J connectivity index is 1.60. The van der Waals surface area contributed by atoms with Crippen LogP contribution in [0.3, 0.4) is 0 Å². The summed E-state index contributed by atoms with van der Waals surface area (Å²) >= 11 is 13.6. The number of anilines is 1. The second-order valence-electron chi connectivity index (χ2n) is 8.89. The number of aromatic nitrogens is 4. The van der Waals surface area contributed by atoms with Gasteiger partial charge in [0.25, 0.3) is 0 Å². The molecule has 1 aromatic carbocycles. The molecule has 11 heteroatoms. The number of benzene rings is 1. The molecule has 1 aliphatic heterocycles. The monoisotopic (exact) mass is 540 g/mol. The zero-order chi connectivity index (χ0) is 26.1. The van der Waals surface area contributed by atoms with Gasteiger partial charge in [0.1, 0.15) is 24.2 Å². The van der Waals surface area contributed by atoms with Crippen molar-refractivity contribution >= 4 is 28.9 Å². The lowest BCUT2D eigenvalue weighted by molar-refractivity contribution is 0.108. The van der Waals surface area contributed by atoms with Crippen molar-refractivity contribution in [1.29, 1.82) is 0 Å². The minimum atomic E-state index is -0.654. The van der Waals surface area contributed by atoms with Crippen molar-refractivity contribution in [3.05, 3.63) is 69.4 Å². The highest BCUT2D eigenvalue weighted by atomic mass is 35.5. The van der Waals surface area contributed by atoms with Gasteiger partial charge in [-0.3, -0.25) is 4.98 Å². The normalized spacial score (nSPS) is 15.4. The van der Waals surface area contributed by atoms with Crippen molar-refractivity contribution in [2.45, 2.75) is 32.4 Å². The molecule has 3 aromatic heterocycles. The van der Waals surface area contributed by atoms with Crippen LogP contribution in [0.1, 0.15) is 28.8 Å². The minimum absolute atomic E-state index is 0.122. The van der Waals surface area contributed by atoms with E-state index in [1.165, 1.54) is 0 Å². The second-order valence-corrected chi connectivity index (χ2v) is 9.68. The average molecular weight is 541 g/mol. The highest BCUT2D eigenvalue weighted by molar-refractivity contribution is 6.34.